The predicted molar refractivity (Wildman–Crippen MR) is 81.8 cm³/mol. The summed E-state index contributed by atoms with van der Waals surface area (Å²) in [5, 5.41) is 12.5. The zero-order chi connectivity index (χ0) is 15.6. The van der Waals surface area contributed by atoms with Crippen LogP contribution in [0.25, 0.3) is 0 Å². The standard InChI is InChI=1S/C16H20ClNO3/c1-9(2)13-6-4-10(8-14(13)17)15(19)18-12-5-3-11(7-12)16(20)21/h4,6,8-9,11-12H,3,5,7H2,1-2H3,(H,18,19)(H,20,21)/t11-,12+/m1/s1. The summed E-state index contributed by atoms with van der Waals surface area (Å²) in [5.41, 5.74) is 1.53. The Kier molecular flexibility index (Phi) is 4.88. The third-order valence-electron chi connectivity index (χ3n) is 4.00. The van der Waals surface area contributed by atoms with Crippen LogP contribution in [0.2, 0.25) is 5.02 Å². The van der Waals surface area contributed by atoms with E-state index < -0.39 is 5.97 Å². The maximum atomic E-state index is 12.2. The first-order chi connectivity index (χ1) is 9.88. The summed E-state index contributed by atoms with van der Waals surface area (Å²) < 4.78 is 0. The van der Waals surface area contributed by atoms with Gasteiger partial charge in [0.1, 0.15) is 0 Å². The van der Waals surface area contributed by atoms with Crippen molar-refractivity contribution in [2.45, 2.75) is 45.1 Å². The number of carbonyl (C=O) groups is 2. The molecule has 5 heteroatoms. The van der Waals surface area contributed by atoms with Crippen molar-refractivity contribution in [1.29, 1.82) is 0 Å². The fourth-order valence-electron chi connectivity index (χ4n) is 2.74. The monoisotopic (exact) mass is 309 g/mol. The third kappa shape index (κ3) is 3.76. The van der Waals surface area contributed by atoms with Crippen LogP contribution in [0.1, 0.15) is 54.9 Å². The molecule has 0 heterocycles. The van der Waals surface area contributed by atoms with E-state index in [-0.39, 0.29) is 17.9 Å². The van der Waals surface area contributed by atoms with Crippen LogP contribution >= 0.6 is 11.6 Å². The molecule has 0 saturated heterocycles. The summed E-state index contributed by atoms with van der Waals surface area (Å²) in [4.78, 5) is 23.1. The highest BCUT2D eigenvalue weighted by Crippen LogP contribution is 2.27. The van der Waals surface area contributed by atoms with Crippen molar-refractivity contribution < 1.29 is 14.7 Å². The smallest absolute Gasteiger partial charge is 0.306 e. The molecular formula is C16H20ClNO3. The lowest BCUT2D eigenvalue weighted by Crippen LogP contribution is -2.33. The van der Waals surface area contributed by atoms with Gasteiger partial charge in [-0.15, -0.1) is 0 Å². The maximum Gasteiger partial charge on any atom is 0.306 e. The van der Waals surface area contributed by atoms with Gasteiger partial charge in [0.2, 0.25) is 0 Å². The second kappa shape index (κ2) is 6.48. The van der Waals surface area contributed by atoms with E-state index in [1.165, 1.54) is 0 Å². The second-order valence-electron chi connectivity index (χ2n) is 5.91. The number of rotatable bonds is 4. The lowest BCUT2D eigenvalue weighted by molar-refractivity contribution is -0.141. The van der Waals surface area contributed by atoms with Crippen molar-refractivity contribution in [2.24, 2.45) is 5.92 Å². The van der Waals surface area contributed by atoms with Gasteiger partial charge in [0.05, 0.1) is 5.92 Å². The molecule has 1 saturated carbocycles. The number of carbonyl (C=O) groups excluding carboxylic acids is 1. The molecule has 0 aliphatic heterocycles. The number of carboxylic acid groups (broad SMARTS) is 1. The van der Waals surface area contributed by atoms with Crippen LogP contribution in [0.15, 0.2) is 18.2 Å². The molecular weight excluding hydrogens is 290 g/mol. The molecule has 1 aromatic carbocycles. The molecule has 1 amide bonds. The molecule has 0 radical (unpaired) electrons. The highest BCUT2D eigenvalue weighted by Gasteiger charge is 2.30. The number of carboxylic acids is 1. The molecule has 1 fully saturated rings. The maximum absolute atomic E-state index is 12.2. The van der Waals surface area contributed by atoms with E-state index in [9.17, 15) is 9.59 Å². The van der Waals surface area contributed by atoms with Crippen molar-refractivity contribution in [2.75, 3.05) is 0 Å². The van der Waals surface area contributed by atoms with Gasteiger partial charge in [-0.25, -0.2) is 0 Å². The van der Waals surface area contributed by atoms with Gasteiger partial charge in [0, 0.05) is 16.6 Å². The lowest BCUT2D eigenvalue weighted by Gasteiger charge is -2.14. The van der Waals surface area contributed by atoms with Crippen LogP contribution < -0.4 is 5.32 Å². The Labute approximate surface area is 129 Å². The van der Waals surface area contributed by atoms with E-state index in [0.29, 0.717) is 35.8 Å². The fraction of sp³-hybridized carbons (Fsp3) is 0.500. The van der Waals surface area contributed by atoms with Gasteiger partial charge in [-0.1, -0.05) is 31.5 Å². The molecule has 2 atom stereocenters. The highest BCUT2D eigenvalue weighted by atomic mass is 35.5. The van der Waals surface area contributed by atoms with Crippen molar-refractivity contribution in [3.8, 4) is 0 Å². The first-order valence-corrected chi connectivity index (χ1v) is 7.59. The SMILES string of the molecule is CC(C)c1ccc(C(=O)N[C@H]2CC[C@@H](C(=O)O)C2)cc1Cl. The van der Waals surface area contributed by atoms with Crippen molar-refractivity contribution in [3.05, 3.63) is 34.3 Å². The normalized spacial score (nSPS) is 21.5. The predicted octanol–water partition coefficient (Wildman–Crippen LogP) is 3.45. The van der Waals surface area contributed by atoms with E-state index in [2.05, 4.69) is 5.32 Å². The Hall–Kier alpha value is -1.55. The van der Waals surface area contributed by atoms with Gasteiger partial charge in [0.25, 0.3) is 5.91 Å². The Morgan fingerprint density at radius 1 is 1.33 bits per heavy atom. The molecule has 0 aromatic heterocycles. The molecule has 1 aromatic rings. The van der Waals surface area contributed by atoms with Gasteiger partial charge in [0.15, 0.2) is 0 Å². The van der Waals surface area contributed by atoms with Gasteiger partial charge < -0.3 is 10.4 Å². The fourth-order valence-corrected chi connectivity index (χ4v) is 3.14. The lowest BCUT2D eigenvalue weighted by atomic mass is 10.0. The molecule has 21 heavy (non-hydrogen) atoms. The second-order valence-corrected chi connectivity index (χ2v) is 6.32. The number of aliphatic carboxylic acids is 1. The average molecular weight is 310 g/mol. The number of amides is 1. The summed E-state index contributed by atoms with van der Waals surface area (Å²) in [5.74, 6) is -1.01. The van der Waals surface area contributed by atoms with Crippen LogP contribution in [-0.4, -0.2) is 23.0 Å². The minimum absolute atomic E-state index is 0.0675. The number of hydrogen-bond donors (Lipinski definition) is 2. The molecule has 114 valence electrons. The van der Waals surface area contributed by atoms with Crippen LogP contribution in [0.5, 0.6) is 0 Å². The van der Waals surface area contributed by atoms with E-state index in [1.807, 2.05) is 19.9 Å². The van der Waals surface area contributed by atoms with Gasteiger partial charge in [-0.3, -0.25) is 9.59 Å². The number of halogens is 1. The van der Waals surface area contributed by atoms with Crippen LogP contribution in [0, 0.1) is 5.92 Å². The molecule has 4 nitrogen and oxygen atoms in total. The van der Waals surface area contributed by atoms with Crippen LogP contribution in [-0.2, 0) is 4.79 Å². The third-order valence-corrected chi connectivity index (χ3v) is 4.33. The van der Waals surface area contributed by atoms with Gasteiger partial charge in [-0.2, -0.15) is 0 Å². The number of hydrogen-bond acceptors (Lipinski definition) is 2. The Morgan fingerprint density at radius 2 is 2.05 bits per heavy atom. The molecule has 0 bridgehead atoms. The largest absolute Gasteiger partial charge is 0.481 e. The first kappa shape index (κ1) is 15.8. The molecule has 2 rings (SSSR count). The zero-order valence-electron chi connectivity index (χ0n) is 12.2. The van der Waals surface area contributed by atoms with E-state index in [1.54, 1.807) is 12.1 Å². The summed E-state index contributed by atoms with van der Waals surface area (Å²) in [6, 6.07) is 5.24. The molecule has 0 unspecified atom stereocenters. The van der Waals surface area contributed by atoms with Gasteiger partial charge >= 0.3 is 5.97 Å². The van der Waals surface area contributed by atoms with Crippen molar-refractivity contribution >= 4 is 23.5 Å². The summed E-state index contributed by atoms with van der Waals surface area (Å²) in [6.07, 6.45) is 1.83. The Bertz CT molecular complexity index is 556. The van der Waals surface area contributed by atoms with Gasteiger partial charge in [-0.05, 0) is 42.9 Å². The van der Waals surface area contributed by atoms with Crippen molar-refractivity contribution in [3.63, 3.8) is 0 Å². The summed E-state index contributed by atoms with van der Waals surface area (Å²) in [7, 11) is 0. The molecule has 1 aliphatic rings. The van der Waals surface area contributed by atoms with E-state index in [4.69, 9.17) is 16.7 Å². The Morgan fingerprint density at radius 3 is 2.57 bits per heavy atom. The Balaban J connectivity index is 2.01. The summed E-state index contributed by atoms with van der Waals surface area (Å²) in [6.45, 7) is 4.09. The van der Waals surface area contributed by atoms with E-state index >= 15 is 0 Å². The highest BCUT2D eigenvalue weighted by molar-refractivity contribution is 6.31. The summed E-state index contributed by atoms with van der Waals surface area (Å²) >= 11 is 6.19. The molecule has 0 spiro atoms. The van der Waals surface area contributed by atoms with Crippen LogP contribution in [0.4, 0.5) is 0 Å². The zero-order valence-corrected chi connectivity index (χ0v) is 13.0. The average Bonchev–Trinajstić information content (AvgIpc) is 2.86. The minimum Gasteiger partial charge on any atom is -0.481 e. The van der Waals surface area contributed by atoms with E-state index in [0.717, 1.165) is 5.56 Å². The van der Waals surface area contributed by atoms with Crippen molar-refractivity contribution in [1.82, 2.24) is 5.32 Å². The molecule has 1 aliphatic carbocycles. The minimum atomic E-state index is -0.781. The number of nitrogens with one attached hydrogen (secondary N) is 1. The first-order valence-electron chi connectivity index (χ1n) is 7.21. The quantitative estimate of drug-likeness (QED) is 0.895. The molecule has 2 N–H and O–H groups in total. The van der Waals surface area contributed by atoms with Crippen LogP contribution in [0.3, 0.4) is 0 Å². The topological polar surface area (TPSA) is 66.4 Å². The number of benzene rings is 1.